The van der Waals surface area contributed by atoms with Crippen molar-refractivity contribution in [3.05, 3.63) is 58.1 Å². The van der Waals surface area contributed by atoms with Crippen molar-refractivity contribution in [2.45, 2.75) is 44.7 Å². The molecule has 1 aromatic carbocycles. The first-order valence-corrected chi connectivity index (χ1v) is 11.0. The number of aromatic nitrogens is 1. The van der Waals surface area contributed by atoms with E-state index in [1.54, 1.807) is 0 Å². The number of carbonyl (C=O) groups is 1. The molecule has 2 aromatic rings. The van der Waals surface area contributed by atoms with Crippen molar-refractivity contribution in [2.24, 2.45) is 17.8 Å². The number of aromatic amines is 1. The number of nitrogens with one attached hydrogen (secondary N) is 2. The Kier molecular flexibility index (Phi) is 6.69. The third-order valence-corrected chi connectivity index (χ3v) is 6.74. The van der Waals surface area contributed by atoms with E-state index in [1.807, 2.05) is 6.07 Å². The van der Waals surface area contributed by atoms with Crippen LogP contribution in [-0.4, -0.2) is 46.8 Å². The van der Waals surface area contributed by atoms with Crippen molar-refractivity contribution in [3.63, 3.8) is 0 Å². The van der Waals surface area contributed by atoms with Crippen molar-refractivity contribution in [2.75, 3.05) is 19.6 Å². The summed E-state index contributed by atoms with van der Waals surface area (Å²) in [4.78, 5) is 25.2. The van der Waals surface area contributed by atoms with Gasteiger partial charge in [0.1, 0.15) is 6.04 Å². The summed E-state index contributed by atoms with van der Waals surface area (Å²) in [5, 5.41) is 15.0. The minimum atomic E-state index is -0.734. The maximum absolute atomic E-state index is 11.5. The van der Waals surface area contributed by atoms with Crippen LogP contribution in [0.4, 0.5) is 0 Å². The lowest BCUT2D eigenvalue weighted by atomic mass is 9.69. The molecule has 7 nitrogen and oxygen atoms in total. The van der Waals surface area contributed by atoms with E-state index in [2.05, 4.69) is 39.6 Å². The summed E-state index contributed by atoms with van der Waals surface area (Å²) in [6.45, 7) is 3.26. The molecule has 2 aliphatic rings. The maximum Gasteiger partial charge on any atom is 0.320 e. The lowest BCUT2D eigenvalue weighted by Gasteiger charge is -2.42. The lowest BCUT2D eigenvalue weighted by Crippen LogP contribution is -2.50. The second-order valence-corrected chi connectivity index (χ2v) is 8.88. The molecule has 0 radical (unpaired) electrons. The Morgan fingerprint density at radius 1 is 1.17 bits per heavy atom. The van der Waals surface area contributed by atoms with E-state index >= 15 is 0 Å². The molecule has 1 saturated carbocycles. The zero-order valence-electron chi connectivity index (χ0n) is 17.3. The number of carboxylic acid groups (broad SMARTS) is 1. The van der Waals surface area contributed by atoms with Gasteiger partial charge in [0.15, 0.2) is 5.76 Å². The molecule has 0 bridgehead atoms. The molecule has 1 saturated heterocycles. The minimum Gasteiger partial charge on any atom is -0.480 e. The first-order valence-electron chi connectivity index (χ1n) is 11.0. The summed E-state index contributed by atoms with van der Waals surface area (Å²) in [5.41, 5.74) is 1.09. The number of hydrogen-bond acceptors (Lipinski definition) is 5. The molecular weight excluding hydrogens is 382 g/mol. The van der Waals surface area contributed by atoms with Gasteiger partial charge in [-0.25, -0.2) is 0 Å². The molecule has 0 amide bonds. The number of H-pyrrole nitrogens is 1. The van der Waals surface area contributed by atoms with Gasteiger partial charge in [-0.2, -0.15) is 5.16 Å². The average molecular weight is 414 g/mol. The smallest absolute Gasteiger partial charge is 0.320 e. The molecule has 162 valence electrons. The fourth-order valence-corrected chi connectivity index (χ4v) is 5.17. The number of carboxylic acids is 1. The monoisotopic (exact) mass is 413 g/mol. The highest BCUT2D eigenvalue weighted by molar-refractivity contribution is 5.73. The molecule has 1 aliphatic heterocycles. The zero-order valence-corrected chi connectivity index (χ0v) is 17.3. The fourth-order valence-electron chi connectivity index (χ4n) is 5.17. The zero-order chi connectivity index (χ0) is 20.9. The summed E-state index contributed by atoms with van der Waals surface area (Å²) in [6, 6.07) is 11.5. The lowest BCUT2D eigenvalue weighted by molar-refractivity contribution is -0.141. The van der Waals surface area contributed by atoms with Crippen molar-refractivity contribution in [3.8, 4) is 0 Å². The molecule has 2 fully saturated rings. The largest absolute Gasteiger partial charge is 0.480 e. The van der Waals surface area contributed by atoms with Crippen LogP contribution in [0.15, 0.2) is 45.7 Å². The van der Waals surface area contributed by atoms with Gasteiger partial charge in [0.2, 0.25) is 0 Å². The number of piperidine rings is 1. The predicted molar refractivity (Wildman–Crippen MR) is 113 cm³/mol. The van der Waals surface area contributed by atoms with Crippen molar-refractivity contribution in [1.29, 1.82) is 0 Å². The van der Waals surface area contributed by atoms with E-state index < -0.39 is 12.0 Å². The van der Waals surface area contributed by atoms with Gasteiger partial charge in [-0.3, -0.25) is 14.5 Å². The second-order valence-electron chi connectivity index (χ2n) is 8.88. The highest BCUT2D eigenvalue weighted by atomic mass is 16.5. The standard InChI is InChI=1S/C23H31N3O4/c27-22-12-20(30-25-22)15-26(9-8-16-4-2-1-3-5-16)14-17-6-7-18-13-24-21(23(28)29)11-19(18)10-17/h1-5,12,17-19,21,24H,6-11,13-15H2,(H,25,27)(H,28,29). The maximum atomic E-state index is 11.5. The average Bonchev–Trinajstić information content (AvgIpc) is 3.16. The number of nitrogens with zero attached hydrogens (tertiary/aromatic N) is 1. The third kappa shape index (κ3) is 5.40. The van der Waals surface area contributed by atoms with E-state index in [9.17, 15) is 14.7 Å². The normalized spacial score (nSPS) is 26.4. The summed E-state index contributed by atoms with van der Waals surface area (Å²) < 4.78 is 5.31. The van der Waals surface area contributed by atoms with Crippen LogP contribution in [0, 0.1) is 17.8 Å². The highest BCUT2D eigenvalue weighted by Crippen LogP contribution is 2.39. The van der Waals surface area contributed by atoms with Crippen LogP contribution >= 0.6 is 0 Å². The first kappa shape index (κ1) is 20.9. The predicted octanol–water partition coefficient (Wildman–Crippen LogP) is 2.49. The van der Waals surface area contributed by atoms with Gasteiger partial charge in [-0.15, -0.1) is 0 Å². The summed E-state index contributed by atoms with van der Waals surface area (Å²) >= 11 is 0. The first-order chi connectivity index (χ1) is 14.6. The second kappa shape index (κ2) is 9.62. The quantitative estimate of drug-likeness (QED) is 0.615. The van der Waals surface area contributed by atoms with Gasteiger partial charge < -0.3 is 14.9 Å². The third-order valence-electron chi connectivity index (χ3n) is 6.74. The van der Waals surface area contributed by atoms with E-state index in [0.717, 1.165) is 45.3 Å². The van der Waals surface area contributed by atoms with Crippen LogP contribution in [0.5, 0.6) is 0 Å². The van der Waals surface area contributed by atoms with Crippen molar-refractivity contribution in [1.82, 2.24) is 15.4 Å². The molecular formula is C23H31N3O4. The SMILES string of the molecule is O=C(O)C1CC2CC(CN(CCc3ccccc3)Cc3cc(=O)[nH]o3)CCC2CN1. The topological polar surface area (TPSA) is 98.6 Å². The van der Waals surface area contributed by atoms with Crippen molar-refractivity contribution >= 4 is 5.97 Å². The number of rotatable bonds is 8. The number of hydrogen-bond donors (Lipinski definition) is 3. The van der Waals surface area contributed by atoms with Crippen LogP contribution in [0.2, 0.25) is 0 Å². The van der Waals surface area contributed by atoms with Gasteiger partial charge in [-0.05, 0) is 62.0 Å². The molecule has 4 unspecified atom stereocenters. The van der Waals surface area contributed by atoms with Gasteiger partial charge in [0.05, 0.1) is 6.54 Å². The number of benzene rings is 1. The van der Waals surface area contributed by atoms with E-state index in [1.165, 1.54) is 18.1 Å². The Bertz CT molecular complexity index is 878. The van der Waals surface area contributed by atoms with Crippen LogP contribution in [0.25, 0.3) is 0 Å². The molecule has 7 heteroatoms. The Morgan fingerprint density at radius 3 is 2.73 bits per heavy atom. The Labute approximate surface area is 176 Å². The van der Waals surface area contributed by atoms with Crippen LogP contribution in [0.3, 0.4) is 0 Å². The fraction of sp³-hybridized carbons (Fsp3) is 0.565. The van der Waals surface area contributed by atoms with Crippen molar-refractivity contribution < 1.29 is 14.4 Å². The van der Waals surface area contributed by atoms with Crippen LogP contribution in [-0.2, 0) is 17.8 Å². The van der Waals surface area contributed by atoms with Gasteiger partial charge >= 0.3 is 5.97 Å². The molecule has 4 atom stereocenters. The Hall–Kier alpha value is -2.38. The molecule has 1 aliphatic carbocycles. The van der Waals surface area contributed by atoms with Crippen LogP contribution in [0.1, 0.15) is 37.0 Å². The summed E-state index contributed by atoms with van der Waals surface area (Å²) in [5.74, 6) is 1.54. The van der Waals surface area contributed by atoms with E-state index in [-0.39, 0.29) is 5.56 Å². The highest BCUT2D eigenvalue weighted by Gasteiger charge is 2.38. The van der Waals surface area contributed by atoms with Gasteiger partial charge in [-0.1, -0.05) is 30.3 Å². The summed E-state index contributed by atoms with van der Waals surface area (Å²) in [6.07, 6.45) is 5.07. The molecule has 2 heterocycles. The van der Waals surface area contributed by atoms with E-state index in [0.29, 0.717) is 30.1 Å². The van der Waals surface area contributed by atoms with Gasteiger partial charge in [0, 0.05) is 19.2 Å². The minimum absolute atomic E-state index is 0.206. The molecule has 0 spiro atoms. The Balaban J connectivity index is 1.38. The molecule has 30 heavy (non-hydrogen) atoms. The van der Waals surface area contributed by atoms with E-state index in [4.69, 9.17) is 4.52 Å². The number of aliphatic carboxylic acids is 1. The molecule has 4 rings (SSSR count). The molecule has 3 N–H and O–H groups in total. The Morgan fingerprint density at radius 2 is 2.00 bits per heavy atom. The summed E-state index contributed by atoms with van der Waals surface area (Å²) in [7, 11) is 0. The van der Waals surface area contributed by atoms with Gasteiger partial charge in [0.25, 0.3) is 5.56 Å². The number of fused-ring (bicyclic) bond motifs is 1. The van der Waals surface area contributed by atoms with Crippen LogP contribution < -0.4 is 10.9 Å². The molecule has 1 aromatic heterocycles.